The van der Waals surface area contributed by atoms with Crippen LogP contribution in [0.1, 0.15) is 25.8 Å². The van der Waals surface area contributed by atoms with Gasteiger partial charge >= 0.3 is 0 Å². The molecule has 0 N–H and O–H groups in total. The average Bonchev–Trinajstić information content (AvgIpc) is 2.64. The topological polar surface area (TPSA) is 68.0 Å². The summed E-state index contributed by atoms with van der Waals surface area (Å²) in [5, 5.41) is 17.4. The number of fused-ring (bicyclic) bond motifs is 1. The number of hydrogen-bond acceptors (Lipinski definition) is 5. The van der Waals surface area contributed by atoms with Crippen molar-refractivity contribution < 1.29 is 9.66 Å². The Morgan fingerprint density at radius 2 is 2.24 bits per heavy atom. The lowest BCUT2D eigenvalue weighted by Gasteiger charge is -2.23. The van der Waals surface area contributed by atoms with E-state index in [0.29, 0.717) is 30.0 Å². The number of hydrogen-bond donors (Lipinski definition) is 0. The van der Waals surface area contributed by atoms with Crippen LogP contribution in [0.3, 0.4) is 0 Å². The normalized spacial score (nSPS) is 17.7. The third-order valence-electron chi connectivity index (χ3n) is 3.60. The van der Waals surface area contributed by atoms with Crippen LogP contribution >= 0.6 is 0 Å². The molecule has 25 heavy (non-hydrogen) atoms. The summed E-state index contributed by atoms with van der Waals surface area (Å²) in [4.78, 5) is 10.7. The number of nitro groups is 1. The molecule has 1 aliphatic rings. The molecule has 0 bridgehead atoms. The lowest BCUT2D eigenvalue weighted by molar-refractivity contribution is -0.384. The first-order valence-corrected chi connectivity index (χ1v) is 7.88. The summed E-state index contributed by atoms with van der Waals surface area (Å²) in [6.45, 7) is 12.1. The molecule has 6 heteroatoms. The highest BCUT2D eigenvalue weighted by atomic mass is 16.6. The Bertz CT molecular complexity index is 791. The molecule has 1 aromatic carbocycles. The van der Waals surface area contributed by atoms with Gasteiger partial charge in [-0.15, -0.1) is 0 Å². The molecule has 1 aromatic rings. The third-order valence-corrected chi connectivity index (χ3v) is 3.60. The van der Waals surface area contributed by atoms with Crippen molar-refractivity contribution in [2.75, 3.05) is 6.61 Å². The van der Waals surface area contributed by atoms with E-state index < -0.39 is 4.92 Å². The van der Waals surface area contributed by atoms with Crippen molar-refractivity contribution in [3.63, 3.8) is 0 Å². The molecule has 0 saturated carbocycles. The van der Waals surface area contributed by atoms with Crippen molar-refractivity contribution in [3.8, 4) is 5.75 Å². The summed E-state index contributed by atoms with van der Waals surface area (Å²) >= 11 is 0. The molecule has 0 saturated heterocycles. The van der Waals surface area contributed by atoms with Crippen molar-refractivity contribution in [2.24, 2.45) is 5.10 Å². The summed E-state index contributed by atoms with van der Waals surface area (Å²) < 4.78 is 5.78. The highest BCUT2D eigenvalue weighted by Crippen LogP contribution is 2.34. The van der Waals surface area contributed by atoms with Crippen LogP contribution in [0.2, 0.25) is 0 Å². The molecule has 0 atom stereocenters. The van der Waals surface area contributed by atoms with Crippen molar-refractivity contribution >= 4 is 17.1 Å². The van der Waals surface area contributed by atoms with Gasteiger partial charge in [0, 0.05) is 29.8 Å². The Morgan fingerprint density at radius 3 is 2.88 bits per heavy atom. The van der Waals surface area contributed by atoms with Crippen LogP contribution < -0.4 is 4.74 Å². The molecule has 0 spiro atoms. The van der Waals surface area contributed by atoms with Gasteiger partial charge in [0.05, 0.1) is 22.9 Å². The first-order chi connectivity index (χ1) is 12.0. The SMILES string of the molecule is C=C/C=C(\C=C/C)N1/N=C(/C)CCOc2ccc([N+](=O)[O-])cc2C1=C. The van der Waals surface area contributed by atoms with Gasteiger partial charge in [0.15, 0.2) is 0 Å². The second-order valence-corrected chi connectivity index (χ2v) is 5.46. The molecule has 130 valence electrons. The number of non-ortho nitro benzene ring substituents is 1. The van der Waals surface area contributed by atoms with E-state index in [4.69, 9.17) is 4.74 Å². The van der Waals surface area contributed by atoms with Gasteiger partial charge in [0.2, 0.25) is 0 Å². The summed E-state index contributed by atoms with van der Waals surface area (Å²) in [7, 11) is 0. The molecule has 0 radical (unpaired) electrons. The van der Waals surface area contributed by atoms with Crippen LogP contribution in [0, 0.1) is 10.1 Å². The van der Waals surface area contributed by atoms with Crippen molar-refractivity contribution in [1.29, 1.82) is 0 Å². The van der Waals surface area contributed by atoms with E-state index in [2.05, 4.69) is 18.3 Å². The van der Waals surface area contributed by atoms with Crippen LogP contribution in [0.5, 0.6) is 5.75 Å². The molecule has 0 aromatic heterocycles. The predicted molar refractivity (Wildman–Crippen MR) is 100 cm³/mol. The van der Waals surface area contributed by atoms with E-state index in [0.717, 1.165) is 11.4 Å². The fourth-order valence-electron chi connectivity index (χ4n) is 2.39. The average molecular weight is 339 g/mol. The summed E-state index contributed by atoms with van der Waals surface area (Å²) in [6, 6.07) is 4.49. The minimum Gasteiger partial charge on any atom is -0.492 e. The quantitative estimate of drug-likeness (QED) is 0.454. The van der Waals surface area contributed by atoms with E-state index in [1.807, 2.05) is 26.0 Å². The lowest BCUT2D eigenvalue weighted by Crippen LogP contribution is -2.16. The zero-order valence-corrected chi connectivity index (χ0v) is 14.4. The maximum atomic E-state index is 11.1. The smallest absolute Gasteiger partial charge is 0.270 e. The molecule has 1 aliphatic heterocycles. The van der Waals surface area contributed by atoms with E-state index in [1.54, 1.807) is 23.2 Å². The number of nitrogens with zero attached hydrogens (tertiary/aromatic N) is 3. The first-order valence-electron chi connectivity index (χ1n) is 7.88. The summed E-state index contributed by atoms with van der Waals surface area (Å²) in [5.74, 6) is 0.545. The number of hydrazone groups is 1. The minimum absolute atomic E-state index is 0.0244. The van der Waals surface area contributed by atoms with Crippen LogP contribution in [-0.2, 0) is 0 Å². The van der Waals surface area contributed by atoms with Gasteiger partial charge in [-0.2, -0.15) is 5.10 Å². The van der Waals surface area contributed by atoms with Gasteiger partial charge in [-0.05, 0) is 32.1 Å². The second kappa shape index (κ2) is 8.10. The minimum atomic E-state index is -0.439. The van der Waals surface area contributed by atoms with Crippen molar-refractivity contribution in [3.05, 3.63) is 77.0 Å². The number of rotatable bonds is 4. The zero-order chi connectivity index (χ0) is 18.4. The van der Waals surface area contributed by atoms with Gasteiger partial charge in [-0.1, -0.05) is 25.3 Å². The van der Waals surface area contributed by atoms with Crippen LogP contribution in [0.4, 0.5) is 5.69 Å². The van der Waals surface area contributed by atoms with Gasteiger partial charge in [-0.3, -0.25) is 10.1 Å². The number of benzene rings is 1. The van der Waals surface area contributed by atoms with E-state index in [-0.39, 0.29) is 5.69 Å². The molecule has 0 amide bonds. The molecule has 1 heterocycles. The zero-order valence-electron chi connectivity index (χ0n) is 14.4. The molecule has 0 aliphatic carbocycles. The van der Waals surface area contributed by atoms with Gasteiger partial charge in [0.1, 0.15) is 5.75 Å². The summed E-state index contributed by atoms with van der Waals surface area (Å²) in [5.41, 5.74) is 2.62. The Balaban J connectivity index is 2.63. The Hall–Kier alpha value is -3.15. The Morgan fingerprint density at radius 1 is 1.48 bits per heavy atom. The fourth-order valence-corrected chi connectivity index (χ4v) is 2.39. The Labute approximate surface area is 147 Å². The van der Waals surface area contributed by atoms with E-state index >= 15 is 0 Å². The number of allylic oxidation sites excluding steroid dienone is 4. The second-order valence-electron chi connectivity index (χ2n) is 5.46. The standard InChI is InChI=1S/C19H21N3O3/c1-5-7-16(8-6-2)21-15(4)18-13-17(22(23)24)9-10-19(18)25-12-11-14(3)20-21/h5-10,13H,1,4,11-12H2,2-3H3/b8-6-,16-7+,20-14-. The van der Waals surface area contributed by atoms with Crippen LogP contribution in [0.15, 0.2) is 66.5 Å². The van der Waals surface area contributed by atoms with E-state index in [9.17, 15) is 10.1 Å². The van der Waals surface area contributed by atoms with Gasteiger partial charge < -0.3 is 4.74 Å². The fraction of sp³-hybridized carbons (Fsp3) is 0.211. The highest BCUT2D eigenvalue weighted by molar-refractivity contribution is 5.83. The molecular weight excluding hydrogens is 318 g/mol. The van der Waals surface area contributed by atoms with Crippen molar-refractivity contribution in [2.45, 2.75) is 20.3 Å². The molecule has 0 fully saturated rings. The number of ether oxygens (including phenoxy) is 1. The molecule has 2 rings (SSSR count). The molecular formula is C19H21N3O3. The molecule has 0 unspecified atom stereocenters. The van der Waals surface area contributed by atoms with Gasteiger partial charge in [-0.25, -0.2) is 5.01 Å². The third kappa shape index (κ3) is 4.23. The number of nitro benzene ring substituents is 1. The monoisotopic (exact) mass is 339 g/mol. The maximum absolute atomic E-state index is 11.1. The highest BCUT2D eigenvalue weighted by Gasteiger charge is 2.21. The van der Waals surface area contributed by atoms with E-state index in [1.165, 1.54) is 12.1 Å². The largest absolute Gasteiger partial charge is 0.492 e. The maximum Gasteiger partial charge on any atom is 0.270 e. The lowest BCUT2D eigenvalue weighted by atomic mass is 10.1. The summed E-state index contributed by atoms with van der Waals surface area (Å²) in [6.07, 6.45) is 7.85. The first kappa shape index (κ1) is 18.2. The van der Waals surface area contributed by atoms with Gasteiger partial charge in [0.25, 0.3) is 5.69 Å². The van der Waals surface area contributed by atoms with Crippen LogP contribution in [0.25, 0.3) is 5.70 Å². The Kier molecular flexibility index (Phi) is 5.89. The molecule has 6 nitrogen and oxygen atoms in total. The van der Waals surface area contributed by atoms with Crippen molar-refractivity contribution in [1.82, 2.24) is 5.01 Å². The van der Waals surface area contributed by atoms with Crippen LogP contribution in [-0.4, -0.2) is 22.3 Å². The predicted octanol–water partition coefficient (Wildman–Crippen LogP) is 4.67.